The maximum absolute atomic E-state index is 11.7. The van der Waals surface area contributed by atoms with E-state index in [1.165, 1.54) is 12.5 Å². The van der Waals surface area contributed by atoms with E-state index in [1.807, 2.05) is 0 Å². The van der Waals surface area contributed by atoms with E-state index < -0.39 is 37.0 Å². The first-order valence-corrected chi connectivity index (χ1v) is 5.41. The SMILES string of the molecule is O=C(O)CNC(=O)[C@H](Cc1cnc[nH]1)NCC(=O)O. The molecule has 0 radical (unpaired) electrons. The van der Waals surface area contributed by atoms with Gasteiger partial charge in [0.1, 0.15) is 6.54 Å². The summed E-state index contributed by atoms with van der Waals surface area (Å²) in [5.74, 6) is -2.87. The maximum atomic E-state index is 11.7. The molecule has 0 aromatic carbocycles. The molecule has 0 fully saturated rings. The number of hydrogen-bond acceptors (Lipinski definition) is 5. The number of carbonyl (C=O) groups excluding carboxylic acids is 1. The molecule has 5 N–H and O–H groups in total. The van der Waals surface area contributed by atoms with Crippen LogP contribution in [0.2, 0.25) is 0 Å². The molecule has 1 atom stereocenters. The van der Waals surface area contributed by atoms with Gasteiger partial charge >= 0.3 is 11.9 Å². The summed E-state index contributed by atoms with van der Waals surface area (Å²) in [6, 6.07) is -0.851. The predicted molar refractivity (Wildman–Crippen MR) is 62.4 cm³/mol. The van der Waals surface area contributed by atoms with Crippen LogP contribution in [-0.4, -0.2) is 57.2 Å². The third kappa shape index (κ3) is 5.64. The molecule has 104 valence electrons. The smallest absolute Gasteiger partial charge is 0.322 e. The van der Waals surface area contributed by atoms with Crippen molar-refractivity contribution < 1.29 is 24.6 Å². The zero-order valence-corrected chi connectivity index (χ0v) is 9.92. The second-order valence-electron chi connectivity index (χ2n) is 3.72. The zero-order chi connectivity index (χ0) is 14.3. The van der Waals surface area contributed by atoms with Crippen LogP contribution in [0.15, 0.2) is 12.5 Å². The molecule has 9 nitrogen and oxygen atoms in total. The van der Waals surface area contributed by atoms with E-state index in [1.54, 1.807) is 0 Å². The number of aromatic nitrogens is 2. The van der Waals surface area contributed by atoms with Crippen LogP contribution < -0.4 is 10.6 Å². The van der Waals surface area contributed by atoms with Crippen LogP contribution >= 0.6 is 0 Å². The first-order chi connectivity index (χ1) is 8.99. The van der Waals surface area contributed by atoms with Crippen molar-refractivity contribution in [2.24, 2.45) is 0 Å². The summed E-state index contributed by atoms with van der Waals surface area (Å²) in [5.41, 5.74) is 0.633. The lowest BCUT2D eigenvalue weighted by Crippen LogP contribution is -2.48. The van der Waals surface area contributed by atoms with Crippen LogP contribution in [0, 0.1) is 0 Å². The molecule has 0 saturated carbocycles. The lowest BCUT2D eigenvalue weighted by Gasteiger charge is -2.16. The largest absolute Gasteiger partial charge is 0.480 e. The van der Waals surface area contributed by atoms with E-state index in [0.717, 1.165) is 0 Å². The van der Waals surface area contributed by atoms with Gasteiger partial charge in [0.15, 0.2) is 0 Å². The third-order valence-corrected chi connectivity index (χ3v) is 2.21. The van der Waals surface area contributed by atoms with Gasteiger partial charge in [0.2, 0.25) is 5.91 Å². The quantitative estimate of drug-likeness (QED) is 0.374. The fraction of sp³-hybridized carbons (Fsp3) is 0.400. The Hall–Kier alpha value is -2.42. The van der Waals surface area contributed by atoms with Gasteiger partial charge in [-0.15, -0.1) is 0 Å². The number of H-pyrrole nitrogens is 1. The van der Waals surface area contributed by atoms with Gasteiger partial charge in [-0.05, 0) is 0 Å². The number of imidazole rings is 1. The third-order valence-electron chi connectivity index (χ3n) is 2.21. The molecular formula is C10H14N4O5. The number of carboxylic acid groups (broad SMARTS) is 2. The van der Waals surface area contributed by atoms with Gasteiger partial charge in [-0.25, -0.2) is 4.98 Å². The highest BCUT2D eigenvalue weighted by atomic mass is 16.4. The van der Waals surface area contributed by atoms with E-state index in [9.17, 15) is 14.4 Å². The number of amides is 1. The number of rotatable bonds is 8. The fourth-order valence-electron chi connectivity index (χ4n) is 1.37. The Kier molecular flexibility index (Phi) is 5.48. The molecule has 0 aliphatic heterocycles. The molecule has 0 bridgehead atoms. The Balaban J connectivity index is 2.59. The van der Waals surface area contributed by atoms with Crippen LogP contribution in [0.25, 0.3) is 0 Å². The Bertz CT molecular complexity index is 445. The summed E-state index contributed by atoms with van der Waals surface area (Å²) in [7, 11) is 0. The normalized spacial score (nSPS) is 11.8. The number of nitrogens with zero attached hydrogens (tertiary/aromatic N) is 1. The lowest BCUT2D eigenvalue weighted by molar-refractivity contribution is -0.139. The standard InChI is InChI=1S/C10H14N4O5/c15-8(16)3-12-7(1-6-2-11-5-14-6)10(19)13-4-9(17)18/h2,5,7,12H,1,3-4H2,(H,11,14)(H,13,19)(H,15,16)(H,17,18)/t7-/m0/s1. The Morgan fingerprint density at radius 2 is 1.95 bits per heavy atom. The zero-order valence-electron chi connectivity index (χ0n) is 9.92. The fourth-order valence-corrected chi connectivity index (χ4v) is 1.37. The summed E-state index contributed by atoms with van der Waals surface area (Å²) < 4.78 is 0. The summed E-state index contributed by atoms with van der Waals surface area (Å²) in [6.07, 6.45) is 3.11. The number of carboxylic acids is 2. The van der Waals surface area contributed by atoms with Gasteiger partial charge < -0.3 is 20.5 Å². The van der Waals surface area contributed by atoms with Gasteiger partial charge in [0.25, 0.3) is 0 Å². The van der Waals surface area contributed by atoms with Crippen LogP contribution in [0.5, 0.6) is 0 Å². The van der Waals surface area contributed by atoms with Crippen LogP contribution in [-0.2, 0) is 20.8 Å². The van der Waals surface area contributed by atoms with Crippen molar-refractivity contribution in [1.82, 2.24) is 20.6 Å². The molecular weight excluding hydrogens is 256 g/mol. The van der Waals surface area contributed by atoms with E-state index in [-0.39, 0.29) is 6.42 Å². The van der Waals surface area contributed by atoms with Gasteiger partial charge in [-0.3, -0.25) is 19.7 Å². The van der Waals surface area contributed by atoms with Crippen molar-refractivity contribution >= 4 is 17.8 Å². The Labute approximate surface area is 108 Å². The molecule has 1 aromatic rings. The molecule has 1 rings (SSSR count). The average molecular weight is 270 g/mol. The van der Waals surface area contributed by atoms with Crippen molar-refractivity contribution in [3.63, 3.8) is 0 Å². The molecule has 0 unspecified atom stereocenters. The van der Waals surface area contributed by atoms with Crippen molar-refractivity contribution in [2.45, 2.75) is 12.5 Å². The first kappa shape index (κ1) is 14.6. The number of hydrogen-bond donors (Lipinski definition) is 5. The van der Waals surface area contributed by atoms with Crippen molar-refractivity contribution in [3.8, 4) is 0 Å². The van der Waals surface area contributed by atoms with Crippen LogP contribution in [0.1, 0.15) is 5.69 Å². The number of carbonyl (C=O) groups is 3. The molecule has 1 aromatic heterocycles. The lowest BCUT2D eigenvalue weighted by atomic mass is 10.1. The molecule has 9 heteroatoms. The van der Waals surface area contributed by atoms with Gasteiger partial charge in [0, 0.05) is 18.3 Å². The molecule has 1 heterocycles. The van der Waals surface area contributed by atoms with Gasteiger partial charge in [-0.1, -0.05) is 0 Å². The second-order valence-corrected chi connectivity index (χ2v) is 3.72. The average Bonchev–Trinajstić information content (AvgIpc) is 2.83. The van der Waals surface area contributed by atoms with Crippen molar-refractivity contribution in [1.29, 1.82) is 0 Å². The minimum atomic E-state index is -1.17. The maximum Gasteiger partial charge on any atom is 0.322 e. The van der Waals surface area contributed by atoms with E-state index >= 15 is 0 Å². The van der Waals surface area contributed by atoms with E-state index in [2.05, 4.69) is 20.6 Å². The second kappa shape index (κ2) is 7.11. The number of aromatic amines is 1. The van der Waals surface area contributed by atoms with E-state index in [4.69, 9.17) is 10.2 Å². The van der Waals surface area contributed by atoms with Gasteiger partial charge in [-0.2, -0.15) is 0 Å². The van der Waals surface area contributed by atoms with Crippen LogP contribution in [0.4, 0.5) is 0 Å². The minimum absolute atomic E-state index is 0.179. The van der Waals surface area contributed by atoms with Crippen molar-refractivity contribution in [3.05, 3.63) is 18.2 Å². The number of nitrogens with one attached hydrogen (secondary N) is 3. The van der Waals surface area contributed by atoms with Gasteiger partial charge in [0.05, 0.1) is 18.9 Å². The van der Waals surface area contributed by atoms with Crippen LogP contribution in [0.3, 0.4) is 0 Å². The monoisotopic (exact) mass is 270 g/mol. The highest BCUT2D eigenvalue weighted by Crippen LogP contribution is 1.98. The Morgan fingerprint density at radius 3 is 2.47 bits per heavy atom. The topological polar surface area (TPSA) is 144 Å². The minimum Gasteiger partial charge on any atom is -0.480 e. The first-order valence-electron chi connectivity index (χ1n) is 5.41. The molecule has 0 aliphatic rings. The molecule has 1 amide bonds. The molecule has 19 heavy (non-hydrogen) atoms. The van der Waals surface area contributed by atoms with Crippen molar-refractivity contribution in [2.75, 3.05) is 13.1 Å². The molecule has 0 saturated heterocycles. The van der Waals surface area contributed by atoms with E-state index in [0.29, 0.717) is 5.69 Å². The highest BCUT2D eigenvalue weighted by Gasteiger charge is 2.20. The summed E-state index contributed by atoms with van der Waals surface area (Å²) in [4.78, 5) is 39.1. The summed E-state index contributed by atoms with van der Waals surface area (Å²) in [5, 5.41) is 21.8. The molecule has 0 spiro atoms. The summed E-state index contributed by atoms with van der Waals surface area (Å²) in [6.45, 7) is -0.924. The summed E-state index contributed by atoms with van der Waals surface area (Å²) >= 11 is 0. The number of aliphatic carboxylic acids is 2. The highest BCUT2D eigenvalue weighted by molar-refractivity contribution is 5.85. The Morgan fingerprint density at radius 1 is 1.26 bits per heavy atom. The predicted octanol–water partition coefficient (Wildman–Crippen LogP) is -1.80. The molecule has 0 aliphatic carbocycles.